The third kappa shape index (κ3) is 6.48. The van der Waals surface area contributed by atoms with Crippen LogP contribution in [0.15, 0.2) is 60.7 Å². The maximum absolute atomic E-state index is 11.7. The number of rotatable bonds is 8. The second kappa shape index (κ2) is 11.3. The zero-order chi connectivity index (χ0) is 26.2. The number of carbonyl (C=O) groups is 2. The molecule has 0 radical (unpaired) electrons. The van der Waals surface area contributed by atoms with Gasteiger partial charge in [-0.1, -0.05) is 48.6 Å². The van der Waals surface area contributed by atoms with Gasteiger partial charge in [-0.25, -0.2) is 0 Å². The lowest BCUT2D eigenvalue weighted by Crippen LogP contribution is -2.06. The maximum Gasteiger partial charge on any atom is 0.283 e. The molecule has 0 aliphatic carbocycles. The summed E-state index contributed by atoms with van der Waals surface area (Å²) in [6.45, 7) is 2.73. The topological polar surface area (TPSA) is 144 Å². The predicted octanol–water partition coefficient (Wildman–Crippen LogP) is 5.76. The number of hydrogen-bond acceptors (Lipinski definition) is 6. The Morgan fingerprint density at radius 2 is 1.00 bits per heavy atom. The molecule has 3 rings (SSSR count). The molecule has 0 saturated carbocycles. The highest BCUT2D eigenvalue weighted by atomic mass is 16.6. The number of carbonyl (C=O) groups excluding carboxylic acids is 2. The van der Waals surface area contributed by atoms with Gasteiger partial charge in [-0.3, -0.25) is 29.8 Å². The Morgan fingerprint density at radius 3 is 1.36 bits per heavy atom. The van der Waals surface area contributed by atoms with Crippen molar-refractivity contribution < 1.29 is 19.4 Å². The van der Waals surface area contributed by atoms with E-state index in [4.69, 9.17) is 0 Å². The minimum Gasteiger partial charge on any atom is -0.326 e. The van der Waals surface area contributed by atoms with Crippen molar-refractivity contribution in [3.05, 3.63) is 103 Å². The molecule has 10 nitrogen and oxygen atoms in total. The van der Waals surface area contributed by atoms with E-state index in [0.29, 0.717) is 22.5 Å². The van der Waals surface area contributed by atoms with Crippen molar-refractivity contribution in [3.8, 4) is 0 Å². The summed E-state index contributed by atoms with van der Waals surface area (Å²) in [6.07, 6.45) is 6.09. The normalized spacial score (nSPS) is 10.9. The first kappa shape index (κ1) is 25.5. The molecule has 0 bridgehead atoms. The molecule has 0 unspecified atom stereocenters. The molecular formula is C26H22N4O6. The number of nitrogens with one attached hydrogen (secondary N) is 2. The quantitative estimate of drug-likeness (QED) is 0.235. The molecule has 2 amide bonds. The molecule has 0 atom stereocenters. The molecule has 182 valence electrons. The van der Waals surface area contributed by atoms with Crippen molar-refractivity contribution in [1.29, 1.82) is 0 Å². The van der Waals surface area contributed by atoms with Gasteiger partial charge in [-0.15, -0.1) is 0 Å². The van der Waals surface area contributed by atoms with E-state index < -0.39 is 21.2 Å². The molecule has 0 aromatic heterocycles. The van der Waals surface area contributed by atoms with E-state index in [0.717, 1.165) is 6.07 Å². The van der Waals surface area contributed by atoms with E-state index in [1.807, 2.05) is 0 Å². The van der Waals surface area contributed by atoms with E-state index in [1.165, 1.54) is 32.1 Å². The van der Waals surface area contributed by atoms with Gasteiger partial charge in [0.15, 0.2) is 0 Å². The van der Waals surface area contributed by atoms with Crippen LogP contribution in [0.4, 0.5) is 22.7 Å². The highest BCUT2D eigenvalue weighted by molar-refractivity contribution is 5.94. The van der Waals surface area contributed by atoms with E-state index >= 15 is 0 Å². The lowest BCUT2D eigenvalue weighted by molar-refractivity contribution is -0.394. The molecule has 0 saturated heterocycles. The van der Waals surface area contributed by atoms with Gasteiger partial charge >= 0.3 is 0 Å². The fraction of sp³-hybridized carbons (Fsp3) is 0.0769. The number of anilines is 2. The number of nitrogens with zero attached hydrogens (tertiary/aromatic N) is 2. The van der Waals surface area contributed by atoms with Gasteiger partial charge in [-0.2, -0.15) is 0 Å². The summed E-state index contributed by atoms with van der Waals surface area (Å²) in [5.41, 5.74) is 1.62. The van der Waals surface area contributed by atoms with Crippen molar-refractivity contribution in [2.24, 2.45) is 0 Å². The maximum atomic E-state index is 11.7. The van der Waals surface area contributed by atoms with Gasteiger partial charge in [-0.05, 0) is 41.5 Å². The van der Waals surface area contributed by atoms with Gasteiger partial charge < -0.3 is 10.6 Å². The standard InChI is InChI=1S/C26H22N4O6/c1-17(31)27-23-9-5-3-7-19(23)11-13-21-15-22(26(30(35)36)16-25(21)29(33)34)14-12-20-8-4-6-10-24(20)28-18(2)32/h3-16H,1-2H3,(H,27,31)(H,28,32)/b13-11+,14-12+. The zero-order valence-electron chi connectivity index (χ0n) is 19.4. The lowest BCUT2D eigenvalue weighted by Gasteiger charge is -2.07. The first-order chi connectivity index (χ1) is 17.2. The van der Waals surface area contributed by atoms with Gasteiger partial charge in [0, 0.05) is 25.2 Å². The average molecular weight is 486 g/mol. The molecule has 2 N–H and O–H groups in total. The SMILES string of the molecule is CC(=O)Nc1ccccc1/C=C/c1cc(/C=C/c2ccccc2NC(C)=O)c([N+](=O)[O-])cc1[N+](=O)[O-]. The molecular weight excluding hydrogens is 464 g/mol. The van der Waals surface area contributed by atoms with Crippen molar-refractivity contribution >= 4 is 58.9 Å². The monoisotopic (exact) mass is 486 g/mol. The van der Waals surface area contributed by atoms with Gasteiger partial charge in [0.05, 0.1) is 27.0 Å². The van der Waals surface area contributed by atoms with Gasteiger partial charge in [0.1, 0.15) is 0 Å². The molecule has 3 aromatic rings. The Labute approximate surface area is 206 Å². The summed E-state index contributed by atoms with van der Waals surface area (Å²) in [6, 6.07) is 16.0. The van der Waals surface area contributed by atoms with E-state index in [9.17, 15) is 29.8 Å². The summed E-state index contributed by atoms with van der Waals surface area (Å²) in [5, 5.41) is 28.8. The molecule has 0 aliphatic heterocycles. The van der Waals surface area contributed by atoms with Crippen LogP contribution in [-0.2, 0) is 9.59 Å². The van der Waals surface area contributed by atoms with Gasteiger partial charge in [0.2, 0.25) is 11.8 Å². The number of hydrogen-bond donors (Lipinski definition) is 2. The summed E-state index contributed by atoms with van der Waals surface area (Å²) in [5.74, 6) is -0.548. The number of benzene rings is 3. The molecule has 0 spiro atoms. The highest BCUT2D eigenvalue weighted by Crippen LogP contribution is 2.32. The van der Waals surface area contributed by atoms with Crippen LogP contribution in [0.3, 0.4) is 0 Å². The van der Waals surface area contributed by atoms with Crippen LogP contribution < -0.4 is 10.6 Å². The van der Waals surface area contributed by atoms with E-state index in [1.54, 1.807) is 60.7 Å². The van der Waals surface area contributed by atoms with E-state index in [2.05, 4.69) is 10.6 Å². The fourth-order valence-corrected chi connectivity index (χ4v) is 3.45. The number of nitro groups is 2. The second-order valence-corrected chi connectivity index (χ2v) is 7.69. The molecule has 0 aliphatic rings. The van der Waals surface area contributed by atoms with Crippen molar-refractivity contribution in [3.63, 3.8) is 0 Å². The predicted molar refractivity (Wildman–Crippen MR) is 139 cm³/mol. The second-order valence-electron chi connectivity index (χ2n) is 7.69. The molecule has 0 fully saturated rings. The molecule has 10 heteroatoms. The largest absolute Gasteiger partial charge is 0.326 e. The summed E-state index contributed by atoms with van der Waals surface area (Å²) in [4.78, 5) is 45.0. The van der Waals surface area contributed by atoms with Crippen molar-refractivity contribution in [2.75, 3.05) is 10.6 Å². The van der Waals surface area contributed by atoms with Crippen LogP contribution in [0.25, 0.3) is 24.3 Å². The number of para-hydroxylation sites is 2. The summed E-state index contributed by atoms with van der Waals surface area (Å²) < 4.78 is 0. The van der Waals surface area contributed by atoms with Crippen molar-refractivity contribution in [2.45, 2.75) is 13.8 Å². The minimum atomic E-state index is -0.689. The van der Waals surface area contributed by atoms with Crippen LogP contribution in [0, 0.1) is 20.2 Å². The van der Waals surface area contributed by atoms with Crippen LogP contribution in [-0.4, -0.2) is 21.7 Å². The smallest absolute Gasteiger partial charge is 0.283 e. The Kier molecular flexibility index (Phi) is 8.03. The fourth-order valence-electron chi connectivity index (χ4n) is 3.45. The number of amides is 2. The summed E-state index contributed by atoms with van der Waals surface area (Å²) >= 11 is 0. The minimum absolute atomic E-state index is 0.137. The first-order valence-corrected chi connectivity index (χ1v) is 10.7. The van der Waals surface area contributed by atoms with E-state index in [-0.39, 0.29) is 22.9 Å². The first-order valence-electron chi connectivity index (χ1n) is 10.7. The summed E-state index contributed by atoms with van der Waals surface area (Å²) in [7, 11) is 0. The molecule has 0 heterocycles. The lowest BCUT2D eigenvalue weighted by atomic mass is 10.0. The number of nitro benzene ring substituents is 2. The van der Waals surface area contributed by atoms with Gasteiger partial charge in [0.25, 0.3) is 11.4 Å². The Morgan fingerprint density at radius 1 is 0.639 bits per heavy atom. The van der Waals surface area contributed by atoms with Crippen LogP contribution in [0.2, 0.25) is 0 Å². The third-order valence-corrected chi connectivity index (χ3v) is 5.00. The Bertz CT molecular complexity index is 1310. The van der Waals surface area contributed by atoms with Crippen molar-refractivity contribution in [1.82, 2.24) is 0 Å². The Balaban J connectivity index is 2.09. The Hall–Kier alpha value is -5.12. The highest BCUT2D eigenvalue weighted by Gasteiger charge is 2.22. The van der Waals surface area contributed by atoms with Crippen LogP contribution >= 0.6 is 0 Å². The van der Waals surface area contributed by atoms with Crippen LogP contribution in [0.5, 0.6) is 0 Å². The molecule has 36 heavy (non-hydrogen) atoms. The third-order valence-electron chi connectivity index (χ3n) is 5.00. The average Bonchev–Trinajstić information content (AvgIpc) is 2.81. The zero-order valence-corrected chi connectivity index (χ0v) is 19.4. The molecule has 3 aromatic carbocycles. The van der Waals surface area contributed by atoms with Crippen LogP contribution in [0.1, 0.15) is 36.1 Å².